The van der Waals surface area contributed by atoms with E-state index in [2.05, 4.69) is 14.9 Å². The van der Waals surface area contributed by atoms with Gasteiger partial charge in [0.15, 0.2) is 0 Å². The Morgan fingerprint density at radius 3 is 2.17 bits per heavy atom. The maximum Gasteiger partial charge on any atom is 0.433 e. The molecular weight excluding hydrogens is 319 g/mol. The molecule has 3 rings (SSSR count). The third-order valence-electron chi connectivity index (χ3n) is 4.07. The summed E-state index contributed by atoms with van der Waals surface area (Å²) < 4.78 is 38.8. The summed E-state index contributed by atoms with van der Waals surface area (Å²) in [5.41, 5.74) is 6.47. The molecule has 0 atom stereocenters. The van der Waals surface area contributed by atoms with Crippen molar-refractivity contribution in [3.63, 3.8) is 0 Å². The van der Waals surface area contributed by atoms with Crippen molar-refractivity contribution in [2.75, 3.05) is 36.0 Å². The van der Waals surface area contributed by atoms with Gasteiger partial charge in [-0.05, 0) is 18.2 Å². The van der Waals surface area contributed by atoms with Crippen LogP contribution in [0.5, 0.6) is 0 Å². The summed E-state index contributed by atoms with van der Waals surface area (Å²) in [5.74, 6) is 0.335. The molecule has 0 amide bonds. The lowest BCUT2D eigenvalue weighted by Crippen LogP contribution is -2.47. The molecule has 1 aliphatic heterocycles. The average molecular weight is 337 g/mol. The van der Waals surface area contributed by atoms with Crippen molar-refractivity contribution in [2.45, 2.75) is 12.7 Å². The zero-order valence-electron chi connectivity index (χ0n) is 13.0. The van der Waals surface area contributed by atoms with Crippen molar-refractivity contribution >= 4 is 11.5 Å². The fourth-order valence-electron chi connectivity index (χ4n) is 2.80. The number of pyridine rings is 2. The summed E-state index contributed by atoms with van der Waals surface area (Å²) in [4.78, 5) is 11.9. The van der Waals surface area contributed by atoms with Gasteiger partial charge in [0, 0.05) is 56.4 Å². The average Bonchev–Trinajstić information content (AvgIpc) is 2.61. The Bertz CT molecular complexity index is 682. The molecule has 0 saturated carbocycles. The van der Waals surface area contributed by atoms with E-state index in [0.717, 1.165) is 11.8 Å². The van der Waals surface area contributed by atoms with Crippen molar-refractivity contribution < 1.29 is 13.2 Å². The van der Waals surface area contributed by atoms with Crippen LogP contribution in [0.1, 0.15) is 11.3 Å². The van der Waals surface area contributed by atoms with Crippen molar-refractivity contribution in [2.24, 2.45) is 5.73 Å². The summed E-state index contributed by atoms with van der Waals surface area (Å²) in [6, 6.07) is 6.24. The molecule has 5 nitrogen and oxygen atoms in total. The molecule has 128 valence electrons. The Morgan fingerprint density at radius 1 is 0.958 bits per heavy atom. The van der Waals surface area contributed by atoms with Gasteiger partial charge in [0.25, 0.3) is 0 Å². The molecular formula is C16H18F3N5. The SMILES string of the molecule is NCc1ccc(C(F)(F)F)nc1N1CCN(c2ccncc2)CC1. The summed E-state index contributed by atoms with van der Waals surface area (Å²) in [6.45, 7) is 2.73. The second-order valence-electron chi connectivity index (χ2n) is 5.56. The highest BCUT2D eigenvalue weighted by Gasteiger charge is 2.33. The lowest BCUT2D eigenvalue weighted by molar-refractivity contribution is -0.141. The van der Waals surface area contributed by atoms with Gasteiger partial charge in [0.2, 0.25) is 0 Å². The summed E-state index contributed by atoms with van der Waals surface area (Å²) in [7, 11) is 0. The van der Waals surface area contributed by atoms with Crippen LogP contribution < -0.4 is 15.5 Å². The van der Waals surface area contributed by atoms with Gasteiger partial charge in [-0.25, -0.2) is 4.98 Å². The number of aromatic nitrogens is 2. The molecule has 2 aromatic heterocycles. The van der Waals surface area contributed by atoms with Crippen LogP contribution in [-0.4, -0.2) is 36.1 Å². The maximum atomic E-state index is 12.9. The summed E-state index contributed by atoms with van der Waals surface area (Å²) >= 11 is 0. The van der Waals surface area contributed by atoms with Crippen LogP contribution in [0, 0.1) is 0 Å². The maximum absolute atomic E-state index is 12.9. The molecule has 0 aliphatic carbocycles. The predicted molar refractivity (Wildman–Crippen MR) is 85.8 cm³/mol. The summed E-state index contributed by atoms with van der Waals surface area (Å²) in [5, 5.41) is 0. The number of nitrogens with zero attached hydrogens (tertiary/aromatic N) is 4. The van der Waals surface area contributed by atoms with Gasteiger partial charge >= 0.3 is 6.18 Å². The minimum absolute atomic E-state index is 0.158. The van der Waals surface area contributed by atoms with Crippen LogP contribution in [0.25, 0.3) is 0 Å². The Balaban J connectivity index is 1.78. The number of piperazine rings is 1. The molecule has 0 unspecified atom stereocenters. The molecule has 3 heterocycles. The molecule has 0 aromatic carbocycles. The predicted octanol–water partition coefficient (Wildman–Crippen LogP) is 2.28. The molecule has 8 heteroatoms. The van der Waals surface area contributed by atoms with Crippen molar-refractivity contribution in [3.05, 3.63) is 47.9 Å². The topological polar surface area (TPSA) is 58.3 Å². The lowest BCUT2D eigenvalue weighted by Gasteiger charge is -2.37. The smallest absolute Gasteiger partial charge is 0.368 e. The molecule has 1 fully saturated rings. The van der Waals surface area contributed by atoms with Gasteiger partial charge in [-0.2, -0.15) is 13.2 Å². The molecule has 1 saturated heterocycles. The Morgan fingerprint density at radius 2 is 1.58 bits per heavy atom. The third kappa shape index (κ3) is 3.43. The molecule has 0 bridgehead atoms. The van der Waals surface area contributed by atoms with Gasteiger partial charge in [-0.3, -0.25) is 4.98 Å². The minimum Gasteiger partial charge on any atom is -0.368 e. The quantitative estimate of drug-likeness (QED) is 0.931. The molecule has 24 heavy (non-hydrogen) atoms. The lowest BCUT2D eigenvalue weighted by atomic mass is 10.2. The number of hydrogen-bond donors (Lipinski definition) is 1. The number of hydrogen-bond acceptors (Lipinski definition) is 5. The van der Waals surface area contributed by atoms with Gasteiger partial charge < -0.3 is 15.5 Å². The number of anilines is 2. The molecule has 2 N–H and O–H groups in total. The molecule has 0 radical (unpaired) electrons. The van der Waals surface area contributed by atoms with Crippen LogP contribution in [0.2, 0.25) is 0 Å². The Labute approximate surface area is 137 Å². The van der Waals surface area contributed by atoms with E-state index in [4.69, 9.17) is 5.73 Å². The Kier molecular flexibility index (Phi) is 4.57. The first kappa shape index (κ1) is 16.5. The minimum atomic E-state index is -4.46. The first-order chi connectivity index (χ1) is 11.5. The zero-order chi connectivity index (χ0) is 17.2. The van der Waals surface area contributed by atoms with Crippen molar-refractivity contribution in [3.8, 4) is 0 Å². The zero-order valence-corrected chi connectivity index (χ0v) is 13.0. The van der Waals surface area contributed by atoms with Gasteiger partial charge in [0.1, 0.15) is 11.5 Å². The van der Waals surface area contributed by atoms with Crippen LogP contribution in [0.15, 0.2) is 36.7 Å². The monoisotopic (exact) mass is 337 g/mol. The first-order valence-corrected chi connectivity index (χ1v) is 7.66. The first-order valence-electron chi connectivity index (χ1n) is 7.66. The Hall–Kier alpha value is -2.35. The number of halogens is 3. The van der Waals surface area contributed by atoms with E-state index in [1.165, 1.54) is 6.07 Å². The van der Waals surface area contributed by atoms with E-state index in [1.54, 1.807) is 12.4 Å². The second kappa shape index (κ2) is 6.64. The third-order valence-corrected chi connectivity index (χ3v) is 4.07. The highest BCUT2D eigenvalue weighted by molar-refractivity contribution is 5.52. The fourth-order valence-corrected chi connectivity index (χ4v) is 2.80. The van der Waals surface area contributed by atoms with E-state index >= 15 is 0 Å². The van der Waals surface area contributed by atoms with E-state index in [1.807, 2.05) is 17.0 Å². The number of nitrogens with two attached hydrogens (primary N) is 1. The van der Waals surface area contributed by atoms with Gasteiger partial charge in [-0.1, -0.05) is 6.07 Å². The molecule has 1 aliphatic rings. The molecule has 2 aromatic rings. The fraction of sp³-hybridized carbons (Fsp3) is 0.375. The number of rotatable bonds is 3. The van der Waals surface area contributed by atoms with Gasteiger partial charge in [-0.15, -0.1) is 0 Å². The van der Waals surface area contributed by atoms with Crippen LogP contribution in [-0.2, 0) is 12.7 Å². The van der Waals surface area contributed by atoms with Crippen LogP contribution in [0.4, 0.5) is 24.7 Å². The number of alkyl halides is 3. The second-order valence-corrected chi connectivity index (χ2v) is 5.56. The molecule has 0 spiro atoms. The summed E-state index contributed by atoms with van der Waals surface area (Å²) in [6.07, 6.45) is -1.01. The van der Waals surface area contributed by atoms with E-state index in [9.17, 15) is 13.2 Å². The van der Waals surface area contributed by atoms with Crippen molar-refractivity contribution in [1.29, 1.82) is 0 Å². The van der Waals surface area contributed by atoms with E-state index < -0.39 is 11.9 Å². The van der Waals surface area contributed by atoms with Crippen molar-refractivity contribution in [1.82, 2.24) is 9.97 Å². The largest absolute Gasteiger partial charge is 0.433 e. The van der Waals surface area contributed by atoms with E-state index in [-0.39, 0.29) is 6.54 Å². The van der Waals surface area contributed by atoms with Crippen LogP contribution in [0.3, 0.4) is 0 Å². The highest BCUT2D eigenvalue weighted by atomic mass is 19.4. The standard InChI is InChI=1S/C16H18F3N5/c17-16(18,19)14-2-1-12(11-20)15(22-14)24-9-7-23(8-10-24)13-3-5-21-6-4-13/h1-6H,7-11,20H2. The van der Waals surface area contributed by atoms with Gasteiger partial charge in [0.05, 0.1) is 0 Å². The highest BCUT2D eigenvalue weighted by Crippen LogP contribution is 2.31. The van der Waals surface area contributed by atoms with E-state index in [0.29, 0.717) is 37.6 Å². The van der Waals surface area contributed by atoms with Crippen LogP contribution >= 0.6 is 0 Å². The normalized spacial score (nSPS) is 15.7.